The van der Waals surface area contributed by atoms with Crippen LogP contribution in [0.25, 0.3) is 0 Å². The maximum atomic E-state index is 11.4. The molecule has 104 valence electrons. The summed E-state index contributed by atoms with van der Waals surface area (Å²) >= 11 is 0. The Labute approximate surface area is 106 Å². The minimum Gasteiger partial charge on any atom is -0.480 e. The molecule has 0 aromatic rings. The summed E-state index contributed by atoms with van der Waals surface area (Å²) in [5.41, 5.74) is -1.33. The van der Waals surface area contributed by atoms with Crippen LogP contribution in [0.2, 0.25) is 0 Å². The highest BCUT2D eigenvalue weighted by atomic mass is 16.4. The number of hydrogen-bond acceptors (Lipinski definition) is 3. The Morgan fingerprint density at radius 1 is 1.17 bits per heavy atom. The van der Waals surface area contributed by atoms with Crippen LogP contribution in [-0.2, 0) is 9.59 Å². The van der Waals surface area contributed by atoms with Crippen molar-refractivity contribution in [2.75, 3.05) is 13.1 Å². The van der Waals surface area contributed by atoms with Crippen molar-refractivity contribution in [2.24, 2.45) is 0 Å². The van der Waals surface area contributed by atoms with Crippen molar-refractivity contribution in [1.29, 1.82) is 0 Å². The standard InChI is InChI=1S/C11H21N3O4/c1-4-6-12-8(15)7-13-10(18)14-11(3,5-2)9(16)17/h4-7H2,1-3H3,(H,12,15)(H,16,17)(H2,13,14,18). The van der Waals surface area contributed by atoms with E-state index in [4.69, 9.17) is 5.11 Å². The number of nitrogens with one attached hydrogen (secondary N) is 3. The van der Waals surface area contributed by atoms with E-state index in [0.29, 0.717) is 6.54 Å². The second-order valence-corrected chi connectivity index (χ2v) is 4.15. The van der Waals surface area contributed by atoms with E-state index >= 15 is 0 Å². The lowest BCUT2D eigenvalue weighted by Crippen LogP contribution is -2.55. The third kappa shape index (κ3) is 5.51. The van der Waals surface area contributed by atoms with Crippen LogP contribution < -0.4 is 16.0 Å². The van der Waals surface area contributed by atoms with Gasteiger partial charge in [0, 0.05) is 6.54 Å². The molecule has 1 unspecified atom stereocenters. The van der Waals surface area contributed by atoms with E-state index in [1.165, 1.54) is 6.92 Å². The fourth-order valence-corrected chi connectivity index (χ4v) is 1.08. The first-order valence-electron chi connectivity index (χ1n) is 5.91. The van der Waals surface area contributed by atoms with Crippen molar-refractivity contribution in [3.05, 3.63) is 0 Å². The number of aliphatic carboxylic acids is 1. The maximum Gasteiger partial charge on any atom is 0.329 e. The van der Waals surface area contributed by atoms with E-state index in [1.807, 2.05) is 6.92 Å². The van der Waals surface area contributed by atoms with Crippen molar-refractivity contribution in [3.8, 4) is 0 Å². The van der Waals surface area contributed by atoms with Gasteiger partial charge in [0.2, 0.25) is 5.91 Å². The van der Waals surface area contributed by atoms with Crippen LogP contribution in [0.1, 0.15) is 33.6 Å². The Balaban J connectivity index is 4.11. The summed E-state index contributed by atoms with van der Waals surface area (Å²) in [5.74, 6) is -1.42. The fraction of sp³-hybridized carbons (Fsp3) is 0.727. The molecule has 4 N–H and O–H groups in total. The normalized spacial score (nSPS) is 13.3. The molecule has 0 heterocycles. The SMILES string of the molecule is CCCNC(=O)CNC(=O)NC(C)(CC)C(=O)O. The predicted molar refractivity (Wildman–Crippen MR) is 66.2 cm³/mol. The number of amides is 3. The highest BCUT2D eigenvalue weighted by Crippen LogP contribution is 2.08. The topological polar surface area (TPSA) is 108 Å². The third-order valence-corrected chi connectivity index (χ3v) is 2.55. The van der Waals surface area contributed by atoms with Gasteiger partial charge in [0.25, 0.3) is 0 Å². The average Bonchev–Trinajstić information content (AvgIpc) is 2.33. The quantitative estimate of drug-likeness (QED) is 0.518. The van der Waals surface area contributed by atoms with Crippen LogP contribution in [-0.4, -0.2) is 41.6 Å². The zero-order valence-electron chi connectivity index (χ0n) is 11.0. The van der Waals surface area contributed by atoms with Crippen molar-refractivity contribution in [1.82, 2.24) is 16.0 Å². The molecule has 0 bridgehead atoms. The summed E-state index contributed by atoms with van der Waals surface area (Å²) in [6, 6.07) is -0.673. The van der Waals surface area contributed by atoms with E-state index in [9.17, 15) is 14.4 Å². The molecule has 0 radical (unpaired) electrons. The van der Waals surface area contributed by atoms with Gasteiger partial charge in [-0.25, -0.2) is 9.59 Å². The van der Waals surface area contributed by atoms with E-state index < -0.39 is 17.5 Å². The number of carboxylic acids is 1. The van der Waals surface area contributed by atoms with Gasteiger partial charge in [0.15, 0.2) is 0 Å². The molecule has 0 saturated heterocycles. The van der Waals surface area contributed by atoms with E-state index in [2.05, 4.69) is 16.0 Å². The Morgan fingerprint density at radius 2 is 1.78 bits per heavy atom. The predicted octanol–water partition coefficient (Wildman–Crippen LogP) is 0.0651. The van der Waals surface area contributed by atoms with Crippen LogP contribution in [0.4, 0.5) is 4.79 Å². The first kappa shape index (κ1) is 16.2. The minimum atomic E-state index is -1.33. The number of hydrogen-bond donors (Lipinski definition) is 4. The molecule has 3 amide bonds. The van der Waals surface area contributed by atoms with Gasteiger partial charge in [-0.05, 0) is 19.8 Å². The van der Waals surface area contributed by atoms with Gasteiger partial charge >= 0.3 is 12.0 Å². The van der Waals surface area contributed by atoms with Crippen LogP contribution in [0.3, 0.4) is 0 Å². The number of urea groups is 1. The summed E-state index contributed by atoms with van der Waals surface area (Å²) in [5, 5.41) is 16.2. The number of carbonyl (C=O) groups is 3. The van der Waals surface area contributed by atoms with Crippen LogP contribution in [0.5, 0.6) is 0 Å². The first-order valence-corrected chi connectivity index (χ1v) is 5.91. The van der Waals surface area contributed by atoms with Crippen molar-refractivity contribution in [2.45, 2.75) is 39.2 Å². The van der Waals surface area contributed by atoms with Crippen molar-refractivity contribution >= 4 is 17.9 Å². The number of carboxylic acid groups (broad SMARTS) is 1. The summed E-state index contributed by atoms with van der Waals surface area (Å²) in [6.45, 7) is 5.35. The van der Waals surface area contributed by atoms with E-state index in [0.717, 1.165) is 6.42 Å². The van der Waals surface area contributed by atoms with Crippen LogP contribution in [0, 0.1) is 0 Å². The van der Waals surface area contributed by atoms with E-state index in [1.54, 1.807) is 6.92 Å². The Hall–Kier alpha value is -1.79. The molecule has 0 aliphatic heterocycles. The molecule has 0 spiro atoms. The Bertz CT molecular complexity index is 319. The second-order valence-electron chi connectivity index (χ2n) is 4.15. The Kier molecular flexibility index (Phi) is 6.77. The van der Waals surface area contributed by atoms with Gasteiger partial charge in [-0.1, -0.05) is 13.8 Å². The highest BCUT2D eigenvalue weighted by Gasteiger charge is 2.32. The fourth-order valence-electron chi connectivity index (χ4n) is 1.08. The van der Waals surface area contributed by atoms with Gasteiger partial charge in [0.1, 0.15) is 5.54 Å². The third-order valence-electron chi connectivity index (χ3n) is 2.55. The first-order chi connectivity index (χ1) is 8.35. The largest absolute Gasteiger partial charge is 0.480 e. The van der Waals surface area contributed by atoms with Crippen LogP contribution >= 0.6 is 0 Å². The van der Waals surface area contributed by atoms with Gasteiger partial charge in [-0.2, -0.15) is 0 Å². The Morgan fingerprint density at radius 3 is 2.22 bits per heavy atom. The molecule has 7 heteroatoms. The maximum absolute atomic E-state index is 11.4. The molecule has 1 atom stereocenters. The lowest BCUT2D eigenvalue weighted by molar-refractivity contribution is -0.143. The summed E-state index contributed by atoms with van der Waals surface area (Å²) < 4.78 is 0. The molecule has 0 saturated carbocycles. The number of rotatable bonds is 7. The summed E-state index contributed by atoms with van der Waals surface area (Å²) in [6.07, 6.45) is 1.06. The van der Waals surface area contributed by atoms with Gasteiger partial charge in [-0.15, -0.1) is 0 Å². The second kappa shape index (κ2) is 7.52. The van der Waals surface area contributed by atoms with Gasteiger partial charge in [-0.3, -0.25) is 4.79 Å². The monoisotopic (exact) mass is 259 g/mol. The molecule has 0 fully saturated rings. The highest BCUT2D eigenvalue weighted by molar-refractivity contribution is 5.88. The molecular weight excluding hydrogens is 238 g/mol. The molecule has 0 aliphatic carbocycles. The van der Waals surface area contributed by atoms with E-state index in [-0.39, 0.29) is 18.9 Å². The average molecular weight is 259 g/mol. The molecule has 0 aromatic carbocycles. The summed E-state index contributed by atoms with van der Waals surface area (Å²) in [7, 11) is 0. The van der Waals surface area contributed by atoms with Crippen LogP contribution in [0.15, 0.2) is 0 Å². The van der Waals surface area contributed by atoms with Crippen molar-refractivity contribution in [3.63, 3.8) is 0 Å². The molecule has 7 nitrogen and oxygen atoms in total. The lowest BCUT2D eigenvalue weighted by Gasteiger charge is -2.24. The minimum absolute atomic E-state index is 0.175. The smallest absolute Gasteiger partial charge is 0.329 e. The van der Waals surface area contributed by atoms with Gasteiger partial charge in [0.05, 0.1) is 6.54 Å². The summed E-state index contributed by atoms with van der Waals surface area (Å²) in [4.78, 5) is 33.6. The number of carbonyl (C=O) groups excluding carboxylic acids is 2. The zero-order chi connectivity index (χ0) is 14.2. The molecule has 0 aromatic heterocycles. The molecule has 0 rings (SSSR count). The van der Waals surface area contributed by atoms with Crippen molar-refractivity contribution < 1.29 is 19.5 Å². The molecular formula is C11H21N3O4. The zero-order valence-corrected chi connectivity index (χ0v) is 11.0. The van der Waals surface area contributed by atoms with Gasteiger partial charge < -0.3 is 21.1 Å². The molecule has 18 heavy (non-hydrogen) atoms. The lowest BCUT2D eigenvalue weighted by atomic mass is 10.00. The molecule has 0 aliphatic rings.